The molecule has 1 aliphatic heterocycles. The molecular weight excluding hydrogens is 310 g/mol. The van der Waals surface area contributed by atoms with Crippen molar-refractivity contribution in [3.63, 3.8) is 0 Å². The summed E-state index contributed by atoms with van der Waals surface area (Å²) in [6.07, 6.45) is 1.15. The molecule has 128 valence electrons. The van der Waals surface area contributed by atoms with Gasteiger partial charge in [-0.15, -0.1) is 0 Å². The molecular formula is C16H21N5O3. The molecule has 0 spiro atoms. The second-order valence-corrected chi connectivity index (χ2v) is 5.92. The van der Waals surface area contributed by atoms with Crippen LogP contribution < -0.4 is 10.9 Å². The lowest BCUT2D eigenvalue weighted by Crippen LogP contribution is -2.36. The fourth-order valence-electron chi connectivity index (χ4n) is 2.81. The van der Waals surface area contributed by atoms with Crippen LogP contribution >= 0.6 is 0 Å². The molecule has 0 bridgehead atoms. The number of nitrogens with one attached hydrogen (secondary N) is 1. The van der Waals surface area contributed by atoms with Gasteiger partial charge >= 0.3 is 0 Å². The summed E-state index contributed by atoms with van der Waals surface area (Å²) in [5, 5.41) is 10.8. The van der Waals surface area contributed by atoms with Gasteiger partial charge in [-0.2, -0.15) is 5.10 Å². The average molecular weight is 331 g/mol. The van der Waals surface area contributed by atoms with Crippen LogP contribution in [0, 0.1) is 6.92 Å². The van der Waals surface area contributed by atoms with E-state index in [0.717, 1.165) is 24.2 Å². The van der Waals surface area contributed by atoms with Crippen LogP contribution in [0.3, 0.4) is 0 Å². The first-order valence-corrected chi connectivity index (χ1v) is 8.10. The third-order valence-corrected chi connectivity index (χ3v) is 4.07. The predicted octanol–water partition coefficient (Wildman–Crippen LogP) is 0.947. The monoisotopic (exact) mass is 331 g/mol. The molecule has 0 saturated carbocycles. The summed E-state index contributed by atoms with van der Waals surface area (Å²) in [7, 11) is 0. The molecule has 0 unspecified atom stereocenters. The number of amides is 1. The Balaban J connectivity index is 1.55. The van der Waals surface area contributed by atoms with Crippen LogP contribution in [0.1, 0.15) is 30.4 Å². The smallest absolute Gasteiger partial charge is 0.267 e. The Morgan fingerprint density at radius 3 is 2.96 bits per heavy atom. The van der Waals surface area contributed by atoms with Gasteiger partial charge in [-0.1, -0.05) is 5.16 Å². The lowest BCUT2D eigenvalue weighted by molar-refractivity contribution is -0.116. The van der Waals surface area contributed by atoms with E-state index in [4.69, 9.17) is 4.52 Å². The minimum absolute atomic E-state index is 0.0720. The number of fused-ring (bicyclic) bond motifs is 1. The summed E-state index contributed by atoms with van der Waals surface area (Å²) < 4.78 is 6.40. The fraction of sp³-hybridized carbons (Fsp3) is 0.500. The Kier molecular flexibility index (Phi) is 4.75. The second-order valence-electron chi connectivity index (χ2n) is 5.92. The highest BCUT2D eigenvalue weighted by atomic mass is 16.5. The number of carbonyl (C=O) groups is 1. The average Bonchev–Trinajstić information content (AvgIpc) is 2.97. The van der Waals surface area contributed by atoms with Crippen molar-refractivity contribution in [1.29, 1.82) is 0 Å². The van der Waals surface area contributed by atoms with Crippen molar-refractivity contribution < 1.29 is 9.32 Å². The third kappa shape index (κ3) is 3.70. The number of aromatic nitrogens is 3. The summed E-state index contributed by atoms with van der Waals surface area (Å²) in [6.45, 7) is 6.37. The molecule has 1 amide bonds. The highest BCUT2D eigenvalue weighted by Crippen LogP contribution is 2.15. The Hall–Kier alpha value is -2.48. The number of anilines is 1. The molecule has 0 atom stereocenters. The summed E-state index contributed by atoms with van der Waals surface area (Å²) in [5.41, 5.74) is 1.87. The van der Waals surface area contributed by atoms with Crippen molar-refractivity contribution in [2.75, 3.05) is 18.4 Å². The van der Waals surface area contributed by atoms with Gasteiger partial charge in [0.1, 0.15) is 5.76 Å². The van der Waals surface area contributed by atoms with E-state index in [1.54, 1.807) is 19.1 Å². The van der Waals surface area contributed by atoms with Gasteiger partial charge in [-0.3, -0.25) is 14.5 Å². The van der Waals surface area contributed by atoms with E-state index in [2.05, 4.69) is 20.5 Å². The number of nitrogens with zero attached hydrogens (tertiary/aromatic N) is 4. The van der Waals surface area contributed by atoms with Crippen molar-refractivity contribution in [3.05, 3.63) is 39.5 Å². The maximum atomic E-state index is 12.0. The first-order chi connectivity index (χ1) is 11.5. The summed E-state index contributed by atoms with van der Waals surface area (Å²) in [6, 6.07) is 3.34. The van der Waals surface area contributed by atoms with Crippen LogP contribution in [-0.4, -0.2) is 38.8 Å². The molecule has 0 radical (unpaired) electrons. The lowest BCUT2D eigenvalue weighted by Gasteiger charge is -2.27. The molecule has 0 aromatic carbocycles. The number of hydrogen-bond donors (Lipinski definition) is 1. The number of hydrogen-bond acceptors (Lipinski definition) is 6. The number of carbonyl (C=O) groups excluding carboxylic acids is 1. The van der Waals surface area contributed by atoms with E-state index in [9.17, 15) is 9.59 Å². The van der Waals surface area contributed by atoms with Crippen molar-refractivity contribution in [2.24, 2.45) is 0 Å². The standard InChI is InChI=1S/C16H21N5O3/c1-3-21-16(23)9-12-10-20(6-4-13(12)18-21)7-5-15(22)17-14-8-11(2)24-19-14/h8-9H,3-7,10H2,1-2H3,(H,17,19,22). The highest BCUT2D eigenvalue weighted by molar-refractivity contribution is 5.89. The number of aryl methyl sites for hydroxylation is 2. The zero-order valence-electron chi connectivity index (χ0n) is 13.9. The van der Waals surface area contributed by atoms with Crippen molar-refractivity contribution in [1.82, 2.24) is 19.8 Å². The Morgan fingerprint density at radius 2 is 2.25 bits per heavy atom. The number of rotatable bonds is 5. The maximum Gasteiger partial charge on any atom is 0.267 e. The van der Waals surface area contributed by atoms with Gasteiger partial charge in [0.25, 0.3) is 5.56 Å². The Morgan fingerprint density at radius 1 is 1.42 bits per heavy atom. The van der Waals surface area contributed by atoms with Crippen molar-refractivity contribution in [2.45, 2.75) is 39.8 Å². The van der Waals surface area contributed by atoms with E-state index in [0.29, 0.717) is 37.6 Å². The quantitative estimate of drug-likeness (QED) is 0.877. The largest absolute Gasteiger partial charge is 0.360 e. The van der Waals surface area contributed by atoms with Crippen LogP contribution in [-0.2, 0) is 24.3 Å². The summed E-state index contributed by atoms with van der Waals surface area (Å²) in [5.74, 6) is 0.989. The molecule has 8 nitrogen and oxygen atoms in total. The van der Waals surface area contributed by atoms with Crippen LogP contribution in [0.15, 0.2) is 21.5 Å². The third-order valence-electron chi connectivity index (χ3n) is 4.07. The molecule has 0 fully saturated rings. The van der Waals surface area contributed by atoms with E-state index in [1.807, 2.05) is 6.92 Å². The van der Waals surface area contributed by atoms with E-state index >= 15 is 0 Å². The SMILES string of the molecule is CCn1nc2c(cc1=O)CN(CCC(=O)Nc1cc(C)on1)CC2. The normalized spacial score (nSPS) is 14.4. The molecule has 1 aliphatic rings. The zero-order valence-corrected chi connectivity index (χ0v) is 13.9. The van der Waals surface area contributed by atoms with E-state index in [1.165, 1.54) is 4.68 Å². The Labute approximate surface area is 139 Å². The minimum atomic E-state index is -0.103. The highest BCUT2D eigenvalue weighted by Gasteiger charge is 2.19. The van der Waals surface area contributed by atoms with Gasteiger partial charge in [0, 0.05) is 51.2 Å². The lowest BCUT2D eigenvalue weighted by atomic mass is 10.1. The van der Waals surface area contributed by atoms with Gasteiger partial charge < -0.3 is 9.84 Å². The minimum Gasteiger partial charge on any atom is -0.360 e. The molecule has 3 heterocycles. The molecule has 3 rings (SSSR count). The molecule has 2 aromatic heterocycles. The van der Waals surface area contributed by atoms with Crippen LogP contribution in [0.5, 0.6) is 0 Å². The molecule has 2 aromatic rings. The van der Waals surface area contributed by atoms with Crippen LogP contribution in [0.25, 0.3) is 0 Å². The first kappa shape index (κ1) is 16.4. The van der Waals surface area contributed by atoms with Gasteiger partial charge in [0.2, 0.25) is 5.91 Å². The molecule has 0 saturated heterocycles. The van der Waals surface area contributed by atoms with E-state index in [-0.39, 0.29) is 11.5 Å². The second kappa shape index (κ2) is 6.96. The summed E-state index contributed by atoms with van der Waals surface area (Å²) >= 11 is 0. The van der Waals surface area contributed by atoms with Crippen molar-refractivity contribution >= 4 is 11.7 Å². The molecule has 0 aliphatic carbocycles. The van der Waals surface area contributed by atoms with Crippen molar-refractivity contribution in [3.8, 4) is 0 Å². The molecule has 8 heteroatoms. The predicted molar refractivity (Wildman–Crippen MR) is 87.6 cm³/mol. The first-order valence-electron chi connectivity index (χ1n) is 8.10. The maximum absolute atomic E-state index is 12.0. The fourth-order valence-corrected chi connectivity index (χ4v) is 2.81. The van der Waals surface area contributed by atoms with Crippen LogP contribution in [0.4, 0.5) is 5.82 Å². The molecule has 1 N–H and O–H groups in total. The van der Waals surface area contributed by atoms with E-state index < -0.39 is 0 Å². The van der Waals surface area contributed by atoms with Gasteiger partial charge in [0.15, 0.2) is 5.82 Å². The van der Waals surface area contributed by atoms with Gasteiger partial charge in [-0.05, 0) is 19.4 Å². The van der Waals surface area contributed by atoms with Gasteiger partial charge in [0.05, 0.1) is 5.69 Å². The van der Waals surface area contributed by atoms with Gasteiger partial charge in [-0.25, -0.2) is 4.68 Å². The molecule has 24 heavy (non-hydrogen) atoms. The zero-order chi connectivity index (χ0) is 17.1. The summed E-state index contributed by atoms with van der Waals surface area (Å²) in [4.78, 5) is 26.0. The van der Waals surface area contributed by atoms with Crippen LogP contribution in [0.2, 0.25) is 0 Å². The Bertz CT molecular complexity index is 795. The topological polar surface area (TPSA) is 93.3 Å².